The third-order valence-corrected chi connectivity index (χ3v) is 3.54. The number of nitrogens with zero attached hydrogens (tertiary/aromatic N) is 2. The standard InChI is InChI=1S/C14H19N3O4/c1-21-11-5-6-12(13(9-11)17(19)20)15-10-14(18)16-7-3-2-4-8-16/h5-6,9,15H,2-4,7-8,10H2,1H3. The van der Waals surface area contributed by atoms with Crippen molar-refractivity contribution in [2.45, 2.75) is 19.3 Å². The van der Waals surface area contributed by atoms with Crippen molar-refractivity contribution in [2.75, 3.05) is 32.1 Å². The van der Waals surface area contributed by atoms with Crippen LogP contribution in [0.4, 0.5) is 11.4 Å². The SMILES string of the molecule is COc1ccc(NCC(=O)N2CCCCC2)c([N+](=O)[O-])c1. The summed E-state index contributed by atoms with van der Waals surface area (Å²) in [7, 11) is 1.45. The molecule has 0 spiro atoms. The van der Waals surface area contributed by atoms with E-state index in [-0.39, 0.29) is 18.1 Å². The van der Waals surface area contributed by atoms with Crippen molar-refractivity contribution in [1.29, 1.82) is 0 Å². The molecule has 1 aliphatic heterocycles. The van der Waals surface area contributed by atoms with E-state index in [0.29, 0.717) is 11.4 Å². The summed E-state index contributed by atoms with van der Waals surface area (Å²) in [5, 5.41) is 13.9. The molecular formula is C14H19N3O4. The van der Waals surface area contributed by atoms with Crippen LogP contribution in [0.3, 0.4) is 0 Å². The van der Waals surface area contributed by atoms with Gasteiger partial charge in [-0.1, -0.05) is 0 Å². The zero-order chi connectivity index (χ0) is 15.2. The molecule has 21 heavy (non-hydrogen) atoms. The lowest BCUT2D eigenvalue weighted by Crippen LogP contribution is -2.39. The number of nitrogens with one attached hydrogen (secondary N) is 1. The molecule has 0 bridgehead atoms. The topological polar surface area (TPSA) is 84.7 Å². The number of piperidine rings is 1. The molecule has 1 aliphatic rings. The van der Waals surface area contributed by atoms with E-state index in [4.69, 9.17) is 4.74 Å². The van der Waals surface area contributed by atoms with E-state index in [0.717, 1.165) is 32.4 Å². The molecule has 1 heterocycles. The quantitative estimate of drug-likeness (QED) is 0.663. The Hall–Kier alpha value is -2.31. The first-order valence-corrected chi connectivity index (χ1v) is 6.96. The Kier molecular flexibility index (Phi) is 4.97. The van der Waals surface area contributed by atoms with Gasteiger partial charge in [-0.25, -0.2) is 0 Å². The van der Waals surface area contributed by atoms with Crippen LogP contribution in [0, 0.1) is 10.1 Å². The van der Waals surface area contributed by atoms with Gasteiger partial charge in [0.25, 0.3) is 5.69 Å². The Labute approximate surface area is 123 Å². The summed E-state index contributed by atoms with van der Waals surface area (Å²) in [6, 6.07) is 4.52. The predicted molar refractivity (Wildman–Crippen MR) is 78.6 cm³/mol. The third kappa shape index (κ3) is 3.84. The normalized spacial score (nSPS) is 14.6. The highest BCUT2D eigenvalue weighted by molar-refractivity contribution is 5.82. The van der Waals surface area contributed by atoms with Gasteiger partial charge in [-0.15, -0.1) is 0 Å². The number of amides is 1. The molecule has 1 amide bonds. The van der Waals surface area contributed by atoms with Crippen molar-refractivity contribution in [3.05, 3.63) is 28.3 Å². The summed E-state index contributed by atoms with van der Waals surface area (Å²) in [5.41, 5.74) is 0.229. The van der Waals surface area contributed by atoms with E-state index in [1.807, 2.05) is 0 Å². The fourth-order valence-corrected chi connectivity index (χ4v) is 2.36. The third-order valence-electron chi connectivity index (χ3n) is 3.54. The Morgan fingerprint density at radius 3 is 2.71 bits per heavy atom. The second-order valence-corrected chi connectivity index (χ2v) is 4.94. The van der Waals surface area contributed by atoms with E-state index >= 15 is 0 Å². The van der Waals surface area contributed by atoms with E-state index in [1.165, 1.54) is 13.2 Å². The van der Waals surface area contributed by atoms with Gasteiger partial charge in [-0.3, -0.25) is 14.9 Å². The second-order valence-electron chi connectivity index (χ2n) is 4.94. The molecule has 0 unspecified atom stereocenters. The molecule has 2 rings (SSSR count). The monoisotopic (exact) mass is 293 g/mol. The summed E-state index contributed by atoms with van der Waals surface area (Å²) in [6.07, 6.45) is 3.20. The minimum atomic E-state index is -0.490. The van der Waals surface area contributed by atoms with Crippen molar-refractivity contribution in [3.8, 4) is 5.75 Å². The van der Waals surface area contributed by atoms with E-state index < -0.39 is 4.92 Å². The highest BCUT2D eigenvalue weighted by atomic mass is 16.6. The van der Waals surface area contributed by atoms with E-state index in [1.54, 1.807) is 17.0 Å². The maximum Gasteiger partial charge on any atom is 0.296 e. The number of rotatable bonds is 5. The molecule has 114 valence electrons. The molecule has 0 radical (unpaired) electrons. The average molecular weight is 293 g/mol. The number of methoxy groups -OCH3 is 1. The number of benzene rings is 1. The van der Waals surface area contributed by atoms with Crippen molar-refractivity contribution in [1.82, 2.24) is 4.90 Å². The first-order valence-electron chi connectivity index (χ1n) is 6.96. The smallest absolute Gasteiger partial charge is 0.296 e. The van der Waals surface area contributed by atoms with Crippen LogP contribution in [0.25, 0.3) is 0 Å². The summed E-state index contributed by atoms with van der Waals surface area (Å²) < 4.78 is 4.97. The van der Waals surface area contributed by atoms with Gasteiger partial charge in [-0.05, 0) is 31.4 Å². The zero-order valence-corrected chi connectivity index (χ0v) is 12.0. The van der Waals surface area contributed by atoms with Crippen LogP contribution in [0.5, 0.6) is 5.75 Å². The Bertz CT molecular complexity index is 527. The highest BCUT2D eigenvalue weighted by Gasteiger charge is 2.19. The summed E-state index contributed by atoms with van der Waals surface area (Å²) in [4.78, 5) is 24.4. The molecular weight excluding hydrogens is 274 g/mol. The van der Waals surface area contributed by atoms with Crippen molar-refractivity contribution in [2.24, 2.45) is 0 Å². The second kappa shape index (κ2) is 6.92. The molecule has 1 fully saturated rings. The lowest BCUT2D eigenvalue weighted by molar-refractivity contribution is -0.384. The number of ether oxygens (including phenoxy) is 1. The van der Waals surface area contributed by atoms with Gasteiger partial charge in [-0.2, -0.15) is 0 Å². The van der Waals surface area contributed by atoms with Gasteiger partial charge < -0.3 is 15.0 Å². The summed E-state index contributed by atoms with van der Waals surface area (Å²) in [6.45, 7) is 1.60. The molecule has 0 saturated carbocycles. The number of carbonyl (C=O) groups is 1. The first kappa shape index (κ1) is 15.1. The van der Waals surface area contributed by atoms with E-state index in [9.17, 15) is 14.9 Å². The van der Waals surface area contributed by atoms with Crippen LogP contribution >= 0.6 is 0 Å². The van der Waals surface area contributed by atoms with Crippen LogP contribution in [-0.4, -0.2) is 42.5 Å². The lowest BCUT2D eigenvalue weighted by atomic mass is 10.1. The maximum absolute atomic E-state index is 12.0. The minimum absolute atomic E-state index is 0.0279. The molecule has 0 atom stereocenters. The molecule has 1 aromatic rings. The lowest BCUT2D eigenvalue weighted by Gasteiger charge is -2.26. The predicted octanol–water partition coefficient (Wildman–Crippen LogP) is 2.03. The van der Waals surface area contributed by atoms with E-state index in [2.05, 4.69) is 5.32 Å². The van der Waals surface area contributed by atoms with Crippen molar-refractivity contribution >= 4 is 17.3 Å². The Morgan fingerprint density at radius 1 is 1.38 bits per heavy atom. The van der Waals surface area contributed by atoms with Gasteiger partial charge in [0.1, 0.15) is 11.4 Å². The van der Waals surface area contributed by atoms with Gasteiger partial charge >= 0.3 is 0 Å². The molecule has 7 heteroatoms. The van der Waals surface area contributed by atoms with Crippen molar-refractivity contribution in [3.63, 3.8) is 0 Å². The highest BCUT2D eigenvalue weighted by Crippen LogP contribution is 2.28. The number of likely N-dealkylation sites (tertiary alicyclic amines) is 1. The number of hydrogen-bond donors (Lipinski definition) is 1. The minimum Gasteiger partial charge on any atom is -0.496 e. The van der Waals surface area contributed by atoms with Crippen LogP contribution in [0.2, 0.25) is 0 Å². The van der Waals surface area contributed by atoms with Crippen molar-refractivity contribution < 1.29 is 14.5 Å². The van der Waals surface area contributed by atoms with Crippen LogP contribution in [0.1, 0.15) is 19.3 Å². The van der Waals surface area contributed by atoms with Gasteiger partial charge in [0.15, 0.2) is 0 Å². The fraction of sp³-hybridized carbons (Fsp3) is 0.500. The summed E-state index contributed by atoms with van der Waals surface area (Å²) in [5.74, 6) is 0.384. The molecule has 1 saturated heterocycles. The number of nitro groups is 1. The largest absolute Gasteiger partial charge is 0.496 e. The fourth-order valence-electron chi connectivity index (χ4n) is 2.36. The molecule has 1 aromatic carbocycles. The molecule has 1 N–H and O–H groups in total. The zero-order valence-electron chi connectivity index (χ0n) is 12.0. The number of anilines is 1. The van der Waals surface area contributed by atoms with Gasteiger partial charge in [0, 0.05) is 13.1 Å². The van der Waals surface area contributed by atoms with Crippen LogP contribution < -0.4 is 10.1 Å². The average Bonchev–Trinajstić information content (AvgIpc) is 2.53. The Balaban J connectivity index is 2.02. The Morgan fingerprint density at radius 2 is 2.10 bits per heavy atom. The van der Waals surface area contributed by atoms with Crippen LogP contribution in [-0.2, 0) is 4.79 Å². The first-order chi connectivity index (χ1) is 10.1. The van der Waals surface area contributed by atoms with Crippen LogP contribution in [0.15, 0.2) is 18.2 Å². The molecule has 0 aliphatic carbocycles. The number of carbonyl (C=O) groups excluding carboxylic acids is 1. The summed E-state index contributed by atoms with van der Waals surface area (Å²) >= 11 is 0. The number of nitro benzene ring substituents is 1. The van der Waals surface area contributed by atoms with Gasteiger partial charge in [0.05, 0.1) is 24.6 Å². The number of hydrogen-bond acceptors (Lipinski definition) is 5. The molecule has 7 nitrogen and oxygen atoms in total. The maximum atomic E-state index is 12.0. The molecule has 0 aromatic heterocycles. The van der Waals surface area contributed by atoms with Gasteiger partial charge in [0.2, 0.25) is 5.91 Å².